The van der Waals surface area contributed by atoms with Crippen molar-refractivity contribution >= 4 is 5.91 Å². The van der Waals surface area contributed by atoms with Crippen molar-refractivity contribution < 1.29 is 9.90 Å². The van der Waals surface area contributed by atoms with Crippen molar-refractivity contribution in [3.8, 4) is 0 Å². The van der Waals surface area contributed by atoms with Crippen molar-refractivity contribution in [2.24, 2.45) is 0 Å². The van der Waals surface area contributed by atoms with E-state index in [1.165, 1.54) is 6.92 Å². The van der Waals surface area contributed by atoms with E-state index >= 15 is 0 Å². The highest BCUT2D eigenvalue weighted by Crippen LogP contribution is 1.90. The molecule has 0 spiro atoms. The van der Waals surface area contributed by atoms with Gasteiger partial charge in [-0.2, -0.15) is 0 Å². The Labute approximate surface area is 75.6 Å². The Morgan fingerprint density at radius 3 is 3.08 bits per heavy atom. The van der Waals surface area contributed by atoms with Gasteiger partial charge in [-0.25, -0.2) is 0 Å². The van der Waals surface area contributed by atoms with Gasteiger partial charge in [-0.1, -0.05) is 5.21 Å². The van der Waals surface area contributed by atoms with Gasteiger partial charge in [0.05, 0.1) is 19.3 Å². The van der Waals surface area contributed by atoms with Crippen LogP contribution in [0.1, 0.15) is 12.6 Å². The first-order chi connectivity index (χ1) is 6.22. The maximum atomic E-state index is 10.5. The number of aliphatic hydroxyl groups excluding tert-OH is 1. The van der Waals surface area contributed by atoms with Gasteiger partial charge in [-0.15, -0.1) is 5.10 Å². The molecule has 0 atom stereocenters. The summed E-state index contributed by atoms with van der Waals surface area (Å²) in [6.45, 7) is 2.43. The fourth-order valence-corrected chi connectivity index (χ4v) is 0.867. The summed E-state index contributed by atoms with van der Waals surface area (Å²) in [5.74, 6) is -0.0671. The number of amides is 1. The second-order valence-corrected chi connectivity index (χ2v) is 2.61. The highest BCUT2D eigenvalue weighted by atomic mass is 16.3. The molecule has 6 heteroatoms. The summed E-state index contributed by atoms with van der Waals surface area (Å²) >= 11 is 0. The fourth-order valence-electron chi connectivity index (χ4n) is 0.867. The van der Waals surface area contributed by atoms with Crippen LogP contribution in [-0.2, 0) is 17.9 Å². The van der Waals surface area contributed by atoms with E-state index < -0.39 is 0 Å². The van der Waals surface area contributed by atoms with Crippen LogP contribution in [0.2, 0.25) is 0 Å². The maximum Gasteiger partial charge on any atom is 0.216 e. The van der Waals surface area contributed by atoms with E-state index in [9.17, 15) is 4.79 Å². The van der Waals surface area contributed by atoms with E-state index in [-0.39, 0.29) is 12.5 Å². The first-order valence-corrected chi connectivity index (χ1v) is 3.96. The number of nitrogens with one attached hydrogen (secondary N) is 1. The summed E-state index contributed by atoms with van der Waals surface area (Å²) < 4.78 is 1.57. The van der Waals surface area contributed by atoms with Crippen molar-refractivity contribution in [3.63, 3.8) is 0 Å². The minimum atomic E-state index is -0.111. The van der Waals surface area contributed by atoms with E-state index in [0.29, 0.717) is 18.8 Å². The number of hydrogen-bond donors (Lipinski definition) is 2. The van der Waals surface area contributed by atoms with Crippen LogP contribution < -0.4 is 5.32 Å². The van der Waals surface area contributed by atoms with E-state index in [4.69, 9.17) is 5.11 Å². The molecule has 0 aromatic carbocycles. The van der Waals surface area contributed by atoms with Gasteiger partial charge in [0.2, 0.25) is 5.91 Å². The first-order valence-electron chi connectivity index (χ1n) is 3.96. The number of aliphatic hydroxyl groups is 1. The minimum absolute atomic E-state index is 0.0671. The fraction of sp³-hybridized carbons (Fsp3) is 0.571. The normalized spacial score (nSPS) is 10.0. The molecule has 0 aliphatic rings. The van der Waals surface area contributed by atoms with Gasteiger partial charge >= 0.3 is 0 Å². The summed E-state index contributed by atoms with van der Waals surface area (Å²) in [6.07, 6.45) is 1.64. The van der Waals surface area contributed by atoms with Crippen LogP contribution in [0.3, 0.4) is 0 Å². The van der Waals surface area contributed by atoms with Crippen LogP contribution in [0.25, 0.3) is 0 Å². The Bertz CT molecular complexity index is 284. The van der Waals surface area contributed by atoms with Crippen molar-refractivity contribution in [2.45, 2.75) is 20.1 Å². The molecular weight excluding hydrogens is 172 g/mol. The molecule has 72 valence electrons. The molecule has 1 aromatic heterocycles. The molecule has 1 rings (SSSR count). The molecule has 0 fully saturated rings. The molecule has 1 aromatic rings. The first kappa shape index (κ1) is 9.66. The van der Waals surface area contributed by atoms with Crippen LogP contribution in [-0.4, -0.2) is 32.6 Å². The molecule has 1 heterocycles. The van der Waals surface area contributed by atoms with Gasteiger partial charge in [-0.05, 0) is 0 Å². The highest BCUT2D eigenvalue weighted by molar-refractivity contribution is 5.72. The van der Waals surface area contributed by atoms with Gasteiger partial charge in [0.1, 0.15) is 5.69 Å². The van der Waals surface area contributed by atoms with Crippen LogP contribution >= 0.6 is 0 Å². The van der Waals surface area contributed by atoms with E-state index in [2.05, 4.69) is 15.6 Å². The number of carbonyl (C=O) groups is 1. The summed E-state index contributed by atoms with van der Waals surface area (Å²) in [6, 6.07) is 0. The summed E-state index contributed by atoms with van der Waals surface area (Å²) in [5.41, 5.74) is 0.530. The number of nitrogens with zero attached hydrogens (tertiary/aromatic N) is 3. The predicted octanol–water partition coefficient (Wildman–Crippen LogP) is -1.09. The second-order valence-electron chi connectivity index (χ2n) is 2.61. The number of hydrogen-bond acceptors (Lipinski definition) is 4. The van der Waals surface area contributed by atoms with Crippen molar-refractivity contribution in [1.29, 1.82) is 0 Å². The van der Waals surface area contributed by atoms with Crippen LogP contribution in [0.4, 0.5) is 0 Å². The Balaban J connectivity index is 2.32. The number of aromatic nitrogens is 3. The lowest BCUT2D eigenvalue weighted by molar-refractivity contribution is -0.118. The smallest absolute Gasteiger partial charge is 0.216 e. The molecule has 6 nitrogen and oxygen atoms in total. The van der Waals surface area contributed by atoms with E-state index in [1.54, 1.807) is 10.9 Å². The Hall–Kier alpha value is -1.43. The van der Waals surface area contributed by atoms with Crippen molar-refractivity contribution in [1.82, 2.24) is 20.3 Å². The number of rotatable bonds is 4. The summed E-state index contributed by atoms with van der Waals surface area (Å²) in [4.78, 5) is 10.5. The molecular formula is C7H12N4O2. The molecule has 0 unspecified atom stereocenters. The largest absolute Gasteiger partial charge is 0.390 e. The van der Waals surface area contributed by atoms with Crippen molar-refractivity contribution in [3.05, 3.63) is 11.9 Å². The summed E-state index contributed by atoms with van der Waals surface area (Å²) in [7, 11) is 0. The zero-order valence-corrected chi connectivity index (χ0v) is 7.40. The molecule has 0 radical (unpaired) electrons. The lowest BCUT2D eigenvalue weighted by atomic mass is 10.5. The molecule has 13 heavy (non-hydrogen) atoms. The third kappa shape index (κ3) is 3.20. The molecule has 0 aliphatic carbocycles. The maximum absolute atomic E-state index is 10.5. The molecule has 1 amide bonds. The average Bonchev–Trinajstić information content (AvgIpc) is 2.52. The quantitative estimate of drug-likeness (QED) is 0.623. The zero-order valence-electron chi connectivity index (χ0n) is 7.40. The second kappa shape index (κ2) is 4.56. The third-order valence-corrected chi connectivity index (χ3v) is 1.46. The van der Waals surface area contributed by atoms with Gasteiger partial charge in [0.15, 0.2) is 0 Å². The Kier molecular flexibility index (Phi) is 3.39. The van der Waals surface area contributed by atoms with Gasteiger partial charge in [-0.3, -0.25) is 9.48 Å². The van der Waals surface area contributed by atoms with Gasteiger partial charge < -0.3 is 10.4 Å². The predicted molar refractivity (Wildman–Crippen MR) is 44.6 cm³/mol. The lowest BCUT2D eigenvalue weighted by Gasteiger charge is -2.00. The molecule has 0 aliphatic heterocycles. The van der Waals surface area contributed by atoms with Gasteiger partial charge in [0, 0.05) is 13.5 Å². The molecule has 2 N–H and O–H groups in total. The summed E-state index contributed by atoms with van der Waals surface area (Å²) in [5, 5.41) is 18.7. The molecule has 0 saturated carbocycles. The minimum Gasteiger partial charge on any atom is -0.390 e. The highest BCUT2D eigenvalue weighted by Gasteiger charge is 1.98. The standard InChI is InChI=1S/C7H12N4O2/c1-6(13)8-2-3-11-4-7(5-12)9-10-11/h4,12H,2-3,5H2,1H3,(H,8,13). The zero-order chi connectivity index (χ0) is 9.68. The lowest BCUT2D eigenvalue weighted by Crippen LogP contribution is -2.24. The van der Waals surface area contributed by atoms with E-state index in [0.717, 1.165) is 0 Å². The average molecular weight is 184 g/mol. The third-order valence-electron chi connectivity index (χ3n) is 1.46. The molecule has 0 bridgehead atoms. The number of carbonyl (C=O) groups excluding carboxylic acids is 1. The topological polar surface area (TPSA) is 80.0 Å². The van der Waals surface area contributed by atoms with Crippen LogP contribution in [0, 0.1) is 0 Å². The SMILES string of the molecule is CC(=O)NCCn1cc(CO)nn1. The Morgan fingerprint density at radius 1 is 1.77 bits per heavy atom. The molecule has 0 saturated heterocycles. The van der Waals surface area contributed by atoms with Crippen LogP contribution in [0.15, 0.2) is 6.20 Å². The Morgan fingerprint density at radius 2 is 2.54 bits per heavy atom. The monoisotopic (exact) mass is 184 g/mol. The van der Waals surface area contributed by atoms with E-state index in [1.807, 2.05) is 0 Å². The van der Waals surface area contributed by atoms with Gasteiger partial charge in [0.25, 0.3) is 0 Å². The van der Waals surface area contributed by atoms with Crippen molar-refractivity contribution in [2.75, 3.05) is 6.54 Å². The van der Waals surface area contributed by atoms with Crippen LogP contribution in [0.5, 0.6) is 0 Å².